The van der Waals surface area contributed by atoms with E-state index in [1.165, 1.54) is 27.4 Å². The molecule has 7 nitrogen and oxygen atoms in total. The Morgan fingerprint density at radius 1 is 1.00 bits per heavy atom. The number of fused-ring (bicyclic) bond motifs is 1. The third-order valence-corrected chi connectivity index (χ3v) is 3.76. The van der Waals surface area contributed by atoms with Crippen molar-refractivity contribution in [2.24, 2.45) is 0 Å². The lowest BCUT2D eigenvalue weighted by atomic mass is 10.2. The molecule has 1 heterocycles. The van der Waals surface area contributed by atoms with Crippen LogP contribution in [0, 0.1) is 0 Å². The van der Waals surface area contributed by atoms with E-state index in [2.05, 4.69) is 5.32 Å². The topological polar surface area (TPSA) is 75.3 Å². The van der Waals surface area contributed by atoms with Gasteiger partial charge in [-0.25, -0.2) is 0 Å². The standard InChI is InChI=1S/C19H19NO6/c1-22-16-9-13(10-17(23-2)19(16)24-3)20-18(21)7-5-12-4-6-14-15(8-12)26-11-25-14/h4-10H,11H2,1-3H3,(H,20,21). The van der Waals surface area contributed by atoms with E-state index in [1.54, 1.807) is 24.3 Å². The number of rotatable bonds is 6. The zero-order valence-corrected chi connectivity index (χ0v) is 14.7. The number of carbonyl (C=O) groups excluding carboxylic acids is 1. The predicted molar refractivity (Wildman–Crippen MR) is 96.3 cm³/mol. The van der Waals surface area contributed by atoms with E-state index in [-0.39, 0.29) is 12.7 Å². The number of benzene rings is 2. The van der Waals surface area contributed by atoms with Gasteiger partial charge in [-0.1, -0.05) is 6.07 Å². The summed E-state index contributed by atoms with van der Waals surface area (Å²) in [5.41, 5.74) is 1.36. The van der Waals surface area contributed by atoms with Crippen LogP contribution in [0.15, 0.2) is 36.4 Å². The fourth-order valence-electron chi connectivity index (χ4n) is 2.53. The van der Waals surface area contributed by atoms with Crippen LogP contribution >= 0.6 is 0 Å². The molecule has 1 aliphatic heterocycles. The van der Waals surface area contributed by atoms with Gasteiger partial charge in [-0.3, -0.25) is 4.79 Å². The molecule has 7 heteroatoms. The fraction of sp³-hybridized carbons (Fsp3) is 0.211. The van der Waals surface area contributed by atoms with Crippen LogP contribution in [0.2, 0.25) is 0 Å². The molecule has 3 rings (SSSR count). The van der Waals surface area contributed by atoms with Crippen molar-refractivity contribution in [2.75, 3.05) is 33.4 Å². The van der Waals surface area contributed by atoms with Gasteiger partial charge in [0.25, 0.3) is 0 Å². The minimum atomic E-state index is -0.295. The Morgan fingerprint density at radius 3 is 2.35 bits per heavy atom. The molecular formula is C19H19NO6. The van der Waals surface area contributed by atoms with Crippen LogP contribution in [-0.2, 0) is 4.79 Å². The van der Waals surface area contributed by atoms with Crippen molar-refractivity contribution in [1.82, 2.24) is 0 Å². The van der Waals surface area contributed by atoms with E-state index in [1.807, 2.05) is 12.1 Å². The van der Waals surface area contributed by atoms with Gasteiger partial charge in [0.2, 0.25) is 18.4 Å². The molecule has 0 bridgehead atoms. The first-order valence-electron chi connectivity index (χ1n) is 7.83. The molecule has 0 radical (unpaired) electrons. The molecule has 26 heavy (non-hydrogen) atoms. The third-order valence-electron chi connectivity index (χ3n) is 3.76. The molecule has 1 N–H and O–H groups in total. The first kappa shape index (κ1) is 17.5. The summed E-state index contributed by atoms with van der Waals surface area (Å²) in [5, 5.41) is 2.77. The smallest absolute Gasteiger partial charge is 0.248 e. The number of carbonyl (C=O) groups is 1. The van der Waals surface area contributed by atoms with E-state index < -0.39 is 0 Å². The number of hydrogen-bond donors (Lipinski definition) is 1. The molecule has 0 aromatic heterocycles. The molecule has 0 aliphatic carbocycles. The minimum absolute atomic E-state index is 0.212. The van der Waals surface area contributed by atoms with Crippen molar-refractivity contribution >= 4 is 17.7 Å². The van der Waals surface area contributed by atoms with Gasteiger partial charge in [0.15, 0.2) is 23.0 Å². The van der Waals surface area contributed by atoms with E-state index in [4.69, 9.17) is 23.7 Å². The molecule has 0 saturated carbocycles. The zero-order valence-electron chi connectivity index (χ0n) is 14.7. The molecule has 0 fully saturated rings. The predicted octanol–water partition coefficient (Wildman–Crippen LogP) is 3.09. The molecule has 136 valence electrons. The second kappa shape index (κ2) is 7.69. The quantitative estimate of drug-likeness (QED) is 0.801. The average Bonchev–Trinajstić information content (AvgIpc) is 3.13. The van der Waals surface area contributed by atoms with E-state index in [0.29, 0.717) is 34.4 Å². The molecular weight excluding hydrogens is 338 g/mol. The van der Waals surface area contributed by atoms with Crippen molar-refractivity contribution in [3.8, 4) is 28.7 Å². The van der Waals surface area contributed by atoms with Crippen LogP contribution in [0.1, 0.15) is 5.56 Å². The number of ether oxygens (including phenoxy) is 5. The van der Waals surface area contributed by atoms with Gasteiger partial charge in [-0.15, -0.1) is 0 Å². The number of hydrogen-bond acceptors (Lipinski definition) is 6. The Bertz CT molecular complexity index is 821. The number of methoxy groups -OCH3 is 3. The van der Waals surface area contributed by atoms with Gasteiger partial charge in [-0.2, -0.15) is 0 Å². The molecule has 1 amide bonds. The van der Waals surface area contributed by atoms with Crippen molar-refractivity contribution in [3.05, 3.63) is 42.0 Å². The summed E-state index contributed by atoms with van der Waals surface area (Å²) in [6.45, 7) is 0.212. The van der Waals surface area contributed by atoms with Crippen LogP contribution in [0.25, 0.3) is 6.08 Å². The normalized spacial score (nSPS) is 12.1. The van der Waals surface area contributed by atoms with Gasteiger partial charge in [0.1, 0.15) is 0 Å². The molecule has 0 spiro atoms. The Hall–Kier alpha value is -3.35. The Morgan fingerprint density at radius 2 is 1.69 bits per heavy atom. The third kappa shape index (κ3) is 3.66. The molecule has 2 aromatic rings. The number of anilines is 1. The van der Waals surface area contributed by atoms with Gasteiger partial charge in [0, 0.05) is 23.9 Å². The second-order valence-electron chi connectivity index (χ2n) is 5.35. The van der Waals surface area contributed by atoms with E-state index >= 15 is 0 Å². The summed E-state index contributed by atoms with van der Waals surface area (Å²) in [6.07, 6.45) is 3.12. The summed E-state index contributed by atoms with van der Waals surface area (Å²) in [4.78, 5) is 12.2. The van der Waals surface area contributed by atoms with Gasteiger partial charge < -0.3 is 29.0 Å². The summed E-state index contributed by atoms with van der Waals surface area (Å²) in [5.74, 6) is 2.45. The van der Waals surface area contributed by atoms with Crippen LogP contribution < -0.4 is 29.0 Å². The van der Waals surface area contributed by atoms with Gasteiger partial charge in [0.05, 0.1) is 21.3 Å². The molecule has 2 aromatic carbocycles. The van der Waals surface area contributed by atoms with Crippen LogP contribution in [0.5, 0.6) is 28.7 Å². The SMILES string of the molecule is COc1cc(NC(=O)C=Cc2ccc3c(c2)OCO3)cc(OC)c1OC. The van der Waals surface area contributed by atoms with Crippen molar-refractivity contribution < 1.29 is 28.5 Å². The first-order chi connectivity index (χ1) is 12.6. The zero-order chi connectivity index (χ0) is 18.5. The number of nitrogens with one attached hydrogen (secondary N) is 1. The maximum Gasteiger partial charge on any atom is 0.248 e. The van der Waals surface area contributed by atoms with Crippen molar-refractivity contribution in [2.45, 2.75) is 0 Å². The largest absolute Gasteiger partial charge is 0.493 e. The Labute approximate surface area is 151 Å². The van der Waals surface area contributed by atoms with Crippen molar-refractivity contribution in [3.63, 3.8) is 0 Å². The monoisotopic (exact) mass is 357 g/mol. The van der Waals surface area contributed by atoms with Crippen LogP contribution in [0.4, 0.5) is 5.69 Å². The Balaban J connectivity index is 1.73. The first-order valence-corrected chi connectivity index (χ1v) is 7.83. The van der Waals surface area contributed by atoms with Gasteiger partial charge >= 0.3 is 0 Å². The number of amides is 1. The van der Waals surface area contributed by atoms with Crippen molar-refractivity contribution in [1.29, 1.82) is 0 Å². The highest BCUT2D eigenvalue weighted by Crippen LogP contribution is 2.40. The van der Waals surface area contributed by atoms with Crippen LogP contribution in [0.3, 0.4) is 0 Å². The molecule has 0 atom stereocenters. The van der Waals surface area contributed by atoms with E-state index in [0.717, 1.165) is 5.56 Å². The maximum absolute atomic E-state index is 12.2. The summed E-state index contributed by atoms with van der Waals surface area (Å²) < 4.78 is 26.4. The molecule has 0 saturated heterocycles. The second-order valence-corrected chi connectivity index (χ2v) is 5.35. The lowest BCUT2D eigenvalue weighted by Crippen LogP contribution is -2.08. The minimum Gasteiger partial charge on any atom is -0.493 e. The van der Waals surface area contributed by atoms with Gasteiger partial charge in [-0.05, 0) is 23.8 Å². The molecule has 1 aliphatic rings. The lowest BCUT2D eigenvalue weighted by Gasteiger charge is -2.14. The summed E-state index contributed by atoms with van der Waals surface area (Å²) >= 11 is 0. The van der Waals surface area contributed by atoms with E-state index in [9.17, 15) is 4.79 Å². The fourth-order valence-corrected chi connectivity index (χ4v) is 2.53. The molecule has 0 unspecified atom stereocenters. The highest BCUT2D eigenvalue weighted by molar-refractivity contribution is 6.02. The summed E-state index contributed by atoms with van der Waals surface area (Å²) in [7, 11) is 4.55. The maximum atomic E-state index is 12.2. The average molecular weight is 357 g/mol. The highest BCUT2D eigenvalue weighted by Gasteiger charge is 2.14. The highest BCUT2D eigenvalue weighted by atomic mass is 16.7. The summed E-state index contributed by atoms with van der Waals surface area (Å²) in [6, 6.07) is 8.78. The van der Waals surface area contributed by atoms with Crippen LogP contribution in [-0.4, -0.2) is 34.0 Å². The lowest BCUT2D eigenvalue weighted by molar-refractivity contribution is -0.111. The Kier molecular flexibility index (Phi) is 5.17.